The molecule has 1 atom stereocenters. The first-order valence-electron chi connectivity index (χ1n) is 8.39. The molecule has 1 aliphatic rings. The van der Waals surface area contributed by atoms with Crippen LogP contribution in [0, 0.1) is 0 Å². The fourth-order valence-electron chi connectivity index (χ4n) is 3.31. The summed E-state index contributed by atoms with van der Waals surface area (Å²) < 4.78 is 7.79. The molecule has 4 rings (SSSR count). The Kier molecular flexibility index (Phi) is 4.02. The van der Waals surface area contributed by atoms with Crippen molar-refractivity contribution in [3.8, 4) is 0 Å². The average Bonchev–Trinajstić information content (AvgIpc) is 3.29. The summed E-state index contributed by atoms with van der Waals surface area (Å²) in [6.45, 7) is 1.58. The van der Waals surface area contributed by atoms with Crippen molar-refractivity contribution in [2.24, 2.45) is 0 Å². The smallest absolute Gasteiger partial charge is 0.223 e. The first-order chi connectivity index (χ1) is 11.8. The zero-order chi connectivity index (χ0) is 16.4. The molecule has 6 heteroatoms. The Bertz CT molecular complexity index is 792. The highest BCUT2D eigenvalue weighted by Gasteiger charge is 2.24. The van der Waals surface area contributed by atoms with Gasteiger partial charge in [-0.15, -0.1) is 0 Å². The van der Waals surface area contributed by atoms with E-state index in [1.54, 1.807) is 6.20 Å². The van der Waals surface area contributed by atoms with E-state index in [0.29, 0.717) is 24.8 Å². The minimum Gasteiger partial charge on any atom is -0.441 e. The van der Waals surface area contributed by atoms with Gasteiger partial charge in [0.15, 0.2) is 11.5 Å². The molecule has 124 valence electrons. The summed E-state index contributed by atoms with van der Waals surface area (Å²) >= 11 is 0. The Balaban J connectivity index is 1.37. The number of para-hydroxylation sites is 2. The van der Waals surface area contributed by atoms with Crippen LogP contribution in [-0.2, 0) is 11.2 Å². The maximum atomic E-state index is 12.5. The van der Waals surface area contributed by atoms with Crippen LogP contribution >= 0.6 is 0 Å². The number of rotatable bonds is 4. The molecule has 3 heterocycles. The second-order valence-corrected chi connectivity index (χ2v) is 6.22. The Morgan fingerprint density at radius 2 is 2.25 bits per heavy atom. The highest BCUT2D eigenvalue weighted by atomic mass is 16.3. The van der Waals surface area contributed by atoms with Crippen LogP contribution in [0.4, 0.5) is 0 Å². The van der Waals surface area contributed by atoms with Gasteiger partial charge in [0.25, 0.3) is 0 Å². The van der Waals surface area contributed by atoms with E-state index in [-0.39, 0.29) is 5.91 Å². The third kappa shape index (κ3) is 3.04. The van der Waals surface area contributed by atoms with Crippen molar-refractivity contribution in [3.05, 3.63) is 48.9 Å². The molecule has 1 fully saturated rings. The van der Waals surface area contributed by atoms with E-state index in [9.17, 15) is 4.79 Å². The highest BCUT2D eigenvalue weighted by molar-refractivity contribution is 5.77. The zero-order valence-corrected chi connectivity index (χ0v) is 13.5. The lowest BCUT2D eigenvalue weighted by Gasteiger charge is -2.33. The molecule has 1 saturated heterocycles. The van der Waals surface area contributed by atoms with Gasteiger partial charge in [0, 0.05) is 38.3 Å². The molecule has 2 aromatic heterocycles. The van der Waals surface area contributed by atoms with Crippen molar-refractivity contribution in [1.82, 2.24) is 19.4 Å². The van der Waals surface area contributed by atoms with Crippen molar-refractivity contribution < 1.29 is 9.21 Å². The van der Waals surface area contributed by atoms with E-state index in [2.05, 4.69) is 14.5 Å². The molecule has 0 saturated carbocycles. The quantitative estimate of drug-likeness (QED) is 0.740. The van der Waals surface area contributed by atoms with Gasteiger partial charge in [0.2, 0.25) is 5.91 Å². The lowest BCUT2D eigenvalue weighted by atomic mass is 10.0. The van der Waals surface area contributed by atoms with Gasteiger partial charge in [-0.05, 0) is 25.0 Å². The van der Waals surface area contributed by atoms with Crippen LogP contribution < -0.4 is 0 Å². The maximum Gasteiger partial charge on any atom is 0.223 e. The number of likely N-dealkylation sites (tertiary alicyclic amines) is 1. The first kappa shape index (κ1) is 14.9. The molecular formula is C18H20N4O2. The summed E-state index contributed by atoms with van der Waals surface area (Å²) in [5, 5.41) is 0. The number of piperidine rings is 1. The highest BCUT2D eigenvalue weighted by Crippen LogP contribution is 2.22. The van der Waals surface area contributed by atoms with E-state index in [1.807, 2.05) is 41.7 Å². The minimum atomic E-state index is 0.169. The molecule has 0 radical (unpaired) electrons. The van der Waals surface area contributed by atoms with Crippen molar-refractivity contribution in [1.29, 1.82) is 0 Å². The fraction of sp³-hybridized carbons (Fsp3) is 0.389. The summed E-state index contributed by atoms with van der Waals surface area (Å²) in [5.74, 6) is 0.801. The van der Waals surface area contributed by atoms with Crippen molar-refractivity contribution in [2.45, 2.75) is 31.7 Å². The monoisotopic (exact) mass is 324 g/mol. The number of hydrogen-bond acceptors (Lipinski definition) is 4. The molecular weight excluding hydrogens is 304 g/mol. The number of aryl methyl sites for hydroxylation is 1. The van der Waals surface area contributed by atoms with Crippen LogP contribution in [0.2, 0.25) is 0 Å². The van der Waals surface area contributed by atoms with E-state index >= 15 is 0 Å². The minimum absolute atomic E-state index is 0.169. The molecule has 1 amide bonds. The first-order valence-corrected chi connectivity index (χ1v) is 8.39. The Hall–Kier alpha value is -2.63. The number of benzene rings is 1. The van der Waals surface area contributed by atoms with Gasteiger partial charge >= 0.3 is 0 Å². The molecule has 0 bridgehead atoms. The number of fused-ring (bicyclic) bond motifs is 1. The maximum absolute atomic E-state index is 12.5. The number of amides is 1. The predicted octanol–water partition coefficient (Wildman–Crippen LogP) is 2.82. The molecule has 6 nitrogen and oxygen atoms in total. The van der Waals surface area contributed by atoms with Gasteiger partial charge in [0.1, 0.15) is 5.52 Å². The van der Waals surface area contributed by atoms with E-state index in [4.69, 9.17) is 4.42 Å². The van der Waals surface area contributed by atoms with Crippen LogP contribution in [0.5, 0.6) is 0 Å². The van der Waals surface area contributed by atoms with Gasteiger partial charge in [0.05, 0.1) is 12.4 Å². The van der Waals surface area contributed by atoms with Crippen LogP contribution in [0.3, 0.4) is 0 Å². The number of oxazole rings is 1. The second-order valence-electron chi connectivity index (χ2n) is 6.22. The lowest BCUT2D eigenvalue weighted by molar-refractivity contribution is -0.132. The molecule has 1 aromatic carbocycles. The molecule has 0 unspecified atom stereocenters. The van der Waals surface area contributed by atoms with Crippen LogP contribution in [0.25, 0.3) is 11.1 Å². The summed E-state index contributed by atoms with van der Waals surface area (Å²) in [6, 6.07) is 8.00. The number of hydrogen-bond donors (Lipinski definition) is 0. The third-order valence-corrected chi connectivity index (χ3v) is 4.59. The van der Waals surface area contributed by atoms with Crippen LogP contribution in [-0.4, -0.2) is 38.4 Å². The molecule has 0 spiro atoms. The number of imidazole rings is 1. The van der Waals surface area contributed by atoms with Gasteiger partial charge in [-0.2, -0.15) is 0 Å². The molecule has 24 heavy (non-hydrogen) atoms. The number of aromatic nitrogens is 3. The summed E-state index contributed by atoms with van der Waals surface area (Å²) in [4.78, 5) is 23.0. The van der Waals surface area contributed by atoms with Gasteiger partial charge in [-0.3, -0.25) is 4.79 Å². The number of nitrogens with zero attached hydrogens (tertiary/aromatic N) is 4. The van der Waals surface area contributed by atoms with E-state index < -0.39 is 0 Å². The van der Waals surface area contributed by atoms with Crippen LogP contribution in [0.15, 0.2) is 47.4 Å². The predicted molar refractivity (Wildman–Crippen MR) is 89.4 cm³/mol. The molecule has 0 aliphatic carbocycles. The van der Waals surface area contributed by atoms with Gasteiger partial charge < -0.3 is 13.9 Å². The summed E-state index contributed by atoms with van der Waals surface area (Å²) in [5.41, 5.74) is 1.62. The fourth-order valence-corrected chi connectivity index (χ4v) is 3.31. The zero-order valence-electron chi connectivity index (χ0n) is 13.5. The normalized spacial score (nSPS) is 18.2. The molecule has 3 aromatic rings. The SMILES string of the molecule is O=C(CCc1nc2ccccc2o1)N1CCC[C@@H](n2ccnc2)C1. The van der Waals surface area contributed by atoms with Crippen LogP contribution in [0.1, 0.15) is 31.2 Å². The Labute approximate surface area is 140 Å². The Morgan fingerprint density at radius 1 is 1.33 bits per heavy atom. The number of carbonyl (C=O) groups excluding carboxylic acids is 1. The van der Waals surface area contributed by atoms with E-state index in [1.165, 1.54) is 0 Å². The van der Waals surface area contributed by atoms with Gasteiger partial charge in [-0.1, -0.05) is 12.1 Å². The second kappa shape index (κ2) is 6.47. The van der Waals surface area contributed by atoms with Crippen molar-refractivity contribution >= 4 is 17.0 Å². The largest absolute Gasteiger partial charge is 0.441 e. The number of carbonyl (C=O) groups is 1. The lowest BCUT2D eigenvalue weighted by Crippen LogP contribution is -2.40. The topological polar surface area (TPSA) is 64.2 Å². The summed E-state index contributed by atoms with van der Waals surface area (Å²) in [6.07, 6.45) is 8.67. The summed E-state index contributed by atoms with van der Waals surface area (Å²) in [7, 11) is 0. The molecule has 1 aliphatic heterocycles. The third-order valence-electron chi connectivity index (χ3n) is 4.59. The van der Waals surface area contributed by atoms with E-state index in [0.717, 1.165) is 37.0 Å². The Morgan fingerprint density at radius 3 is 3.08 bits per heavy atom. The van der Waals surface area contributed by atoms with Crippen molar-refractivity contribution in [3.63, 3.8) is 0 Å². The average molecular weight is 324 g/mol. The standard InChI is InChI=1S/C18H20N4O2/c23-18(8-7-17-20-15-5-1-2-6-16(15)24-17)21-10-3-4-14(12-21)22-11-9-19-13-22/h1-2,5-6,9,11,13-14H,3-4,7-8,10,12H2/t14-/m1/s1. The van der Waals surface area contributed by atoms with Crippen molar-refractivity contribution in [2.75, 3.05) is 13.1 Å². The van der Waals surface area contributed by atoms with Gasteiger partial charge in [-0.25, -0.2) is 9.97 Å². The molecule has 0 N–H and O–H groups in total.